The lowest BCUT2D eigenvalue weighted by molar-refractivity contribution is 0.00818. The van der Waals surface area contributed by atoms with Gasteiger partial charge in [0.2, 0.25) is 0 Å². The first-order valence-electron chi connectivity index (χ1n) is 5.58. The summed E-state index contributed by atoms with van der Waals surface area (Å²) in [5.74, 6) is 0. The van der Waals surface area contributed by atoms with Gasteiger partial charge < -0.3 is 10.2 Å². The molecule has 0 aliphatic rings. The first kappa shape index (κ1) is 12.9. The molecule has 2 unspecified atom stereocenters. The second kappa shape index (κ2) is 8.52. The fourth-order valence-electron chi connectivity index (χ4n) is 1.46. The Kier molecular flexibility index (Phi) is 8.46. The first-order valence-corrected chi connectivity index (χ1v) is 5.58. The van der Waals surface area contributed by atoms with Gasteiger partial charge in [-0.1, -0.05) is 46.0 Å². The third-order valence-corrected chi connectivity index (χ3v) is 2.38. The number of aliphatic hydroxyl groups is 2. The standard InChI is InChI=1S/C11H24O2/c1-3-5-6-7-9-11(13)10(12)8-4-2/h10-13H,3-9H2,1-2H3. The molecule has 0 aromatic rings. The van der Waals surface area contributed by atoms with Crippen molar-refractivity contribution in [2.24, 2.45) is 0 Å². The first-order chi connectivity index (χ1) is 6.22. The van der Waals surface area contributed by atoms with E-state index >= 15 is 0 Å². The molecule has 0 heterocycles. The van der Waals surface area contributed by atoms with E-state index in [0.717, 1.165) is 25.7 Å². The maximum Gasteiger partial charge on any atom is 0.0799 e. The molecule has 0 amide bonds. The average Bonchev–Trinajstić information content (AvgIpc) is 2.12. The van der Waals surface area contributed by atoms with Crippen LogP contribution in [0.25, 0.3) is 0 Å². The van der Waals surface area contributed by atoms with Crippen molar-refractivity contribution in [1.29, 1.82) is 0 Å². The summed E-state index contributed by atoms with van der Waals surface area (Å²) in [4.78, 5) is 0. The molecule has 0 rings (SSSR count). The van der Waals surface area contributed by atoms with Crippen LogP contribution in [0.15, 0.2) is 0 Å². The van der Waals surface area contributed by atoms with Crippen LogP contribution in [-0.4, -0.2) is 22.4 Å². The Balaban J connectivity index is 3.32. The zero-order chi connectivity index (χ0) is 10.1. The van der Waals surface area contributed by atoms with E-state index in [1.165, 1.54) is 19.3 Å². The summed E-state index contributed by atoms with van der Waals surface area (Å²) in [5.41, 5.74) is 0. The van der Waals surface area contributed by atoms with Crippen LogP contribution in [0, 0.1) is 0 Å². The SMILES string of the molecule is CCCCCCC(O)C(O)CCC. The van der Waals surface area contributed by atoms with Gasteiger partial charge in [-0.3, -0.25) is 0 Å². The fourth-order valence-corrected chi connectivity index (χ4v) is 1.46. The van der Waals surface area contributed by atoms with Crippen LogP contribution >= 0.6 is 0 Å². The summed E-state index contributed by atoms with van der Waals surface area (Å²) in [6.07, 6.45) is 6.05. The normalized spacial score (nSPS) is 15.7. The molecule has 13 heavy (non-hydrogen) atoms. The molecule has 0 fully saturated rings. The molecule has 0 saturated heterocycles. The number of hydrogen-bond acceptors (Lipinski definition) is 2. The minimum Gasteiger partial charge on any atom is -0.390 e. The number of aliphatic hydroxyl groups excluding tert-OH is 2. The fraction of sp³-hybridized carbons (Fsp3) is 1.00. The molecule has 2 nitrogen and oxygen atoms in total. The Morgan fingerprint density at radius 3 is 1.92 bits per heavy atom. The van der Waals surface area contributed by atoms with E-state index in [-0.39, 0.29) is 0 Å². The third-order valence-electron chi connectivity index (χ3n) is 2.38. The molecule has 2 atom stereocenters. The maximum atomic E-state index is 9.50. The van der Waals surface area contributed by atoms with Crippen LogP contribution in [-0.2, 0) is 0 Å². The maximum absolute atomic E-state index is 9.50. The van der Waals surface area contributed by atoms with Crippen LogP contribution in [0.2, 0.25) is 0 Å². The quantitative estimate of drug-likeness (QED) is 0.574. The number of unbranched alkanes of at least 4 members (excludes halogenated alkanes) is 3. The second-order valence-corrected chi connectivity index (χ2v) is 3.77. The summed E-state index contributed by atoms with van der Waals surface area (Å²) >= 11 is 0. The molecule has 0 radical (unpaired) electrons. The molecule has 0 saturated carbocycles. The van der Waals surface area contributed by atoms with Crippen LogP contribution in [0.4, 0.5) is 0 Å². The van der Waals surface area contributed by atoms with Crippen molar-refractivity contribution in [1.82, 2.24) is 0 Å². The molecule has 0 bridgehead atoms. The lowest BCUT2D eigenvalue weighted by Gasteiger charge is -2.16. The van der Waals surface area contributed by atoms with E-state index in [2.05, 4.69) is 6.92 Å². The minimum absolute atomic E-state index is 0.503. The minimum atomic E-state index is -0.508. The molecule has 0 aliphatic carbocycles. The highest BCUT2D eigenvalue weighted by Crippen LogP contribution is 2.11. The lowest BCUT2D eigenvalue weighted by Crippen LogP contribution is -2.25. The van der Waals surface area contributed by atoms with Crippen molar-refractivity contribution in [3.63, 3.8) is 0 Å². The lowest BCUT2D eigenvalue weighted by atomic mass is 10.0. The Hall–Kier alpha value is -0.0800. The van der Waals surface area contributed by atoms with Gasteiger partial charge in [0.05, 0.1) is 12.2 Å². The Morgan fingerprint density at radius 1 is 0.769 bits per heavy atom. The summed E-state index contributed by atoms with van der Waals surface area (Å²) in [7, 11) is 0. The van der Waals surface area contributed by atoms with E-state index in [0.29, 0.717) is 0 Å². The van der Waals surface area contributed by atoms with Crippen molar-refractivity contribution < 1.29 is 10.2 Å². The molecule has 0 spiro atoms. The van der Waals surface area contributed by atoms with E-state index < -0.39 is 12.2 Å². The zero-order valence-corrected chi connectivity index (χ0v) is 9.00. The van der Waals surface area contributed by atoms with Crippen molar-refractivity contribution in [2.75, 3.05) is 0 Å². The van der Waals surface area contributed by atoms with Crippen LogP contribution < -0.4 is 0 Å². The van der Waals surface area contributed by atoms with E-state index in [9.17, 15) is 10.2 Å². The predicted molar refractivity (Wildman–Crippen MR) is 55.7 cm³/mol. The van der Waals surface area contributed by atoms with Crippen molar-refractivity contribution in [3.05, 3.63) is 0 Å². The van der Waals surface area contributed by atoms with Gasteiger partial charge in [0.25, 0.3) is 0 Å². The molecule has 80 valence electrons. The van der Waals surface area contributed by atoms with Gasteiger partial charge >= 0.3 is 0 Å². The molecule has 0 aromatic heterocycles. The van der Waals surface area contributed by atoms with Gasteiger partial charge in [-0.05, 0) is 12.8 Å². The molecule has 0 aliphatic heterocycles. The summed E-state index contributed by atoms with van der Waals surface area (Å²) < 4.78 is 0. The number of rotatable bonds is 8. The van der Waals surface area contributed by atoms with Crippen LogP contribution in [0.1, 0.15) is 58.8 Å². The smallest absolute Gasteiger partial charge is 0.0799 e. The molecule has 2 N–H and O–H groups in total. The van der Waals surface area contributed by atoms with Crippen molar-refractivity contribution in [2.45, 2.75) is 71.0 Å². The topological polar surface area (TPSA) is 40.5 Å². The number of hydrogen-bond donors (Lipinski definition) is 2. The van der Waals surface area contributed by atoms with Gasteiger partial charge in [0.1, 0.15) is 0 Å². The summed E-state index contributed by atoms with van der Waals surface area (Å²) in [6, 6.07) is 0. The van der Waals surface area contributed by atoms with Crippen molar-refractivity contribution in [3.8, 4) is 0 Å². The van der Waals surface area contributed by atoms with Gasteiger partial charge in [-0.15, -0.1) is 0 Å². The van der Waals surface area contributed by atoms with E-state index in [1.807, 2.05) is 6.92 Å². The van der Waals surface area contributed by atoms with Crippen molar-refractivity contribution >= 4 is 0 Å². The monoisotopic (exact) mass is 188 g/mol. The Bertz CT molecular complexity index is 104. The van der Waals surface area contributed by atoms with Crippen LogP contribution in [0.5, 0.6) is 0 Å². The highest BCUT2D eigenvalue weighted by molar-refractivity contribution is 4.66. The van der Waals surface area contributed by atoms with Gasteiger partial charge in [0, 0.05) is 0 Å². The largest absolute Gasteiger partial charge is 0.390 e. The van der Waals surface area contributed by atoms with E-state index in [1.54, 1.807) is 0 Å². The molecular formula is C11H24O2. The summed E-state index contributed by atoms with van der Waals surface area (Å²) in [5, 5.41) is 18.9. The van der Waals surface area contributed by atoms with Gasteiger partial charge in [0.15, 0.2) is 0 Å². The summed E-state index contributed by atoms with van der Waals surface area (Å²) in [6.45, 7) is 4.19. The van der Waals surface area contributed by atoms with Gasteiger partial charge in [-0.2, -0.15) is 0 Å². The second-order valence-electron chi connectivity index (χ2n) is 3.77. The van der Waals surface area contributed by atoms with Gasteiger partial charge in [-0.25, -0.2) is 0 Å². The molecule has 0 aromatic carbocycles. The average molecular weight is 188 g/mol. The Labute approximate surface area is 82.0 Å². The third kappa shape index (κ3) is 7.03. The zero-order valence-electron chi connectivity index (χ0n) is 9.00. The molecule has 2 heteroatoms. The predicted octanol–water partition coefficient (Wildman–Crippen LogP) is 2.48. The molecular weight excluding hydrogens is 164 g/mol. The van der Waals surface area contributed by atoms with E-state index in [4.69, 9.17) is 0 Å². The van der Waals surface area contributed by atoms with Crippen LogP contribution in [0.3, 0.4) is 0 Å². The Morgan fingerprint density at radius 2 is 1.38 bits per heavy atom. The highest BCUT2D eigenvalue weighted by atomic mass is 16.3. The highest BCUT2D eigenvalue weighted by Gasteiger charge is 2.13.